The molecule has 0 N–H and O–H groups in total. The number of rotatable bonds is 2. The van der Waals surface area contributed by atoms with E-state index in [1.54, 1.807) is 20.8 Å². The van der Waals surface area contributed by atoms with E-state index in [-0.39, 0.29) is 24.7 Å². The van der Waals surface area contributed by atoms with Gasteiger partial charge in [0.05, 0.1) is 19.1 Å². The zero-order valence-corrected chi connectivity index (χ0v) is 9.73. The first-order chi connectivity index (χ1) is 7.09. The van der Waals surface area contributed by atoms with Crippen LogP contribution in [0.1, 0.15) is 33.6 Å². The number of carbonyl (C=O) groups is 1. The molecule has 1 fully saturated rings. The van der Waals surface area contributed by atoms with Gasteiger partial charge >= 0.3 is 6.18 Å². The highest BCUT2D eigenvalue weighted by Gasteiger charge is 2.41. The lowest BCUT2D eigenvalue weighted by atomic mass is 9.82. The predicted molar refractivity (Wildman–Crippen MR) is 53.0 cm³/mol. The Morgan fingerprint density at radius 3 is 2.31 bits per heavy atom. The van der Waals surface area contributed by atoms with Crippen LogP contribution in [-0.4, -0.2) is 24.7 Å². The van der Waals surface area contributed by atoms with Crippen molar-refractivity contribution in [2.75, 3.05) is 6.61 Å². The molecule has 0 saturated carbocycles. The van der Waals surface area contributed by atoms with E-state index in [0.29, 0.717) is 0 Å². The number of hydrogen-bond donors (Lipinski definition) is 0. The molecule has 0 aromatic heterocycles. The number of hydrogen-bond acceptors (Lipinski definition) is 2. The quantitative estimate of drug-likeness (QED) is 0.739. The van der Waals surface area contributed by atoms with Crippen LogP contribution in [0.25, 0.3) is 0 Å². The summed E-state index contributed by atoms with van der Waals surface area (Å²) < 4.78 is 41.3. The zero-order chi connectivity index (χ0) is 12.6. The second-order valence-corrected chi connectivity index (χ2v) is 5.32. The first kappa shape index (κ1) is 13.5. The summed E-state index contributed by atoms with van der Waals surface area (Å²) in [7, 11) is 0. The molecule has 0 aromatic rings. The third-order valence-corrected chi connectivity index (χ3v) is 2.65. The molecule has 1 heterocycles. The smallest absolute Gasteiger partial charge is 0.377 e. The lowest BCUT2D eigenvalue weighted by Gasteiger charge is -2.20. The van der Waals surface area contributed by atoms with Crippen molar-refractivity contribution < 1.29 is 22.7 Å². The number of ether oxygens (including phenoxy) is 1. The highest BCUT2D eigenvalue weighted by molar-refractivity contribution is 5.86. The van der Waals surface area contributed by atoms with Crippen molar-refractivity contribution in [3.8, 4) is 0 Å². The molecule has 2 atom stereocenters. The largest absolute Gasteiger partial charge is 0.391 e. The Morgan fingerprint density at radius 1 is 1.31 bits per heavy atom. The number of ketones is 1. The minimum Gasteiger partial charge on any atom is -0.377 e. The van der Waals surface area contributed by atoms with Crippen LogP contribution in [0.15, 0.2) is 0 Å². The Kier molecular flexibility index (Phi) is 3.67. The molecule has 0 bridgehead atoms. The summed E-state index contributed by atoms with van der Waals surface area (Å²) in [6.45, 7) is 5.43. The van der Waals surface area contributed by atoms with Gasteiger partial charge in [0.15, 0.2) is 0 Å². The molecule has 94 valence electrons. The van der Waals surface area contributed by atoms with Gasteiger partial charge in [-0.1, -0.05) is 20.8 Å². The lowest BCUT2D eigenvalue weighted by Crippen LogP contribution is -2.29. The van der Waals surface area contributed by atoms with Gasteiger partial charge in [-0.05, 0) is 6.42 Å². The van der Waals surface area contributed by atoms with Crippen molar-refractivity contribution in [1.29, 1.82) is 0 Å². The van der Waals surface area contributed by atoms with Crippen LogP contribution >= 0.6 is 0 Å². The monoisotopic (exact) mass is 238 g/mol. The van der Waals surface area contributed by atoms with Gasteiger partial charge in [0.2, 0.25) is 0 Å². The molecule has 1 rings (SSSR count). The van der Waals surface area contributed by atoms with E-state index >= 15 is 0 Å². The maximum Gasteiger partial charge on any atom is 0.391 e. The molecule has 16 heavy (non-hydrogen) atoms. The molecule has 0 aromatic carbocycles. The van der Waals surface area contributed by atoms with Crippen LogP contribution in [0.4, 0.5) is 13.2 Å². The van der Waals surface area contributed by atoms with Gasteiger partial charge in [0.1, 0.15) is 5.78 Å². The van der Waals surface area contributed by atoms with E-state index < -0.39 is 24.1 Å². The van der Waals surface area contributed by atoms with E-state index in [4.69, 9.17) is 4.74 Å². The van der Waals surface area contributed by atoms with Crippen LogP contribution in [0.5, 0.6) is 0 Å². The molecule has 0 aliphatic carbocycles. The summed E-state index contributed by atoms with van der Waals surface area (Å²) >= 11 is 0. The fraction of sp³-hybridized carbons (Fsp3) is 0.909. The maximum absolute atomic E-state index is 12.1. The van der Waals surface area contributed by atoms with Gasteiger partial charge in [-0.25, -0.2) is 0 Å². The van der Waals surface area contributed by atoms with Crippen molar-refractivity contribution >= 4 is 5.78 Å². The predicted octanol–water partition coefficient (Wildman–Crippen LogP) is 2.96. The zero-order valence-electron chi connectivity index (χ0n) is 9.73. The third-order valence-electron chi connectivity index (χ3n) is 2.65. The Labute approximate surface area is 93.2 Å². The van der Waals surface area contributed by atoms with E-state index in [9.17, 15) is 18.0 Å². The Morgan fingerprint density at radius 2 is 1.88 bits per heavy atom. The topological polar surface area (TPSA) is 26.3 Å². The van der Waals surface area contributed by atoms with Gasteiger partial charge in [-0.3, -0.25) is 4.79 Å². The number of alkyl halides is 3. The second-order valence-electron chi connectivity index (χ2n) is 5.32. The highest BCUT2D eigenvalue weighted by atomic mass is 19.4. The van der Waals surface area contributed by atoms with Gasteiger partial charge < -0.3 is 4.74 Å². The summed E-state index contributed by atoms with van der Waals surface area (Å²) in [5, 5.41) is 0. The lowest BCUT2D eigenvalue weighted by molar-refractivity contribution is -0.154. The van der Waals surface area contributed by atoms with E-state index in [2.05, 4.69) is 0 Å². The minimum atomic E-state index is -4.22. The summed E-state index contributed by atoms with van der Waals surface area (Å²) in [6.07, 6.45) is -5.84. The molecule has 0 radical (unpaired) electrons. The van der Waals surface area contributed by atoms with Crippen molar-refractivity contribution in [3.05, 3.63) is 0 Å². The SMILES string of the molecule is CC(C)(C)C(=O)C1COC(CC(F)(F)F)C1. The molecule has 0 amide bonds. The van der Waals surface area contributed by atoms with Crippen LogP contribution in [0.2, 0.25) is 0 Å². The van der Waals surface area contributed by atoms with Gasteiger partial charge in [0, 0.05) is 11.3 Å². The number of carbonyl (C=O) groups excluding carboxylic acids is 1. The standard InChI is InChI=1S/C11H17F3O2/c1-10(2,3)9(15)7-4-8(16-6-7)5-11(12,13)14/h7-8H,4-6H2,1-3H3. The maximum atomic E-state index is 12.1. The fourth-order valence-electron chi connectivity index (χ4n) is 1.90. The Hall–Kier alpha value is -0.580. The second kappa shape index (κ2) is 4.35. The normalized spacial score (nSPS) is 27.1. The summed E-state index contributed by atoms with van der Waals surface area (Å²) in [6, 6.07) is 0. The van der Waals surface area contributed by atoms with E-state index in [1.165, 1.54) is 0 Å². The van der Waals surface area contributed by atoms with Crippen molar-refractivity contribution in [1.82, 2.24) is 0 Å². The van der Waals surface area contributed by atoms with Crippen molar-refractivity contribution in [3.63, 3.8) is 0 Å². The number of halogens is 3. The molecule has 1 aliphatic rings. The van der Waals surface area contributed by atoms with E-state index in [1.807, 2.05) is 0 Å². The van der Waals surface area contributed by atoms with Gasteiger partial charge in [-0.15, -0.1) is 0 Å². The summed E-state index contributed by atoms with van der Waals surface area (Å²) in [5.41, 5.74) is -0.513. The number of Topliss-reactive ketones (excluding diaryl/α,β-unsaturated/α-hetero) is 1. The summed E-state index contributed by atoms with van der Waals surface area (Å²) in [5.74, 6) is -0.399. The summed E-state index contributed by atoms with van der Waals surface area (Å²) in [4.78, 5) is 11.8. The average Bonchev–Trinajstić information content (AvgIpc) is 2.46. The third kappa shape index (κ3) is 3.77. The molecule has 2 nitrogen and oxygen atoms in total. The first-order valence-corrected chi connectivity index (χ1v) is 5.32. The molecule has 0 spiro atoms. The van der Waals surface area contributed by atoms with Crippen molar-refractivity contribution in [2.45, 2.75) is 45.9 Å². The minimum absolute atomic E-state index is 0.0165. The Balaban J connectivity index is 2.50. The fourth-order valence-corrected chi connectivity index (χ4v) is 1.90. The molecular formula is C11H17F3O2. The van der Waals surface area contributed by atoms with Crippen molar-refractivity contribution in [2.24, 2.45) is 11.3 Å². The first-order valence-electron chi connectivity index (χ1n) is 5.32. The molecule has 5 heteroatoms. The van der Waals surface area contributed by atoms with Gasteiger partial charge in [0.25, 0.3) is 0 Å². The molecule has 2 unspecified atom stereocenters. The van der Waals surface area contributed by atoms with Gasteiger partial charge in [-0.2, -0.15) is 13.2 Å². The molecule has 1 saturated heterocycles. The average molecular weight is 238 g/mol. The van der Waals surface area contributed by atoms with E-state index in [0.717, 1.165) is 0 Å². The van der Waals surface area contributed by atoms with Crippen LogP contribution in [0.3, 0.4) is 0 Å². The highest BCUT2D eigenvalue weighted by Crippen LogP contribution is 2.33. The Bertz CT molecular complexity index is 265. The van der Waals surface area contributed by atoms with Crippen LogP contribution in [0, 0.1) is 11.3 Å². The molecule has 1 aliphatic heterocycles. The van der Waals surface area contributed by atoms with Crippen LogP contribution < -0.4 is 0 Å². The van der Waals surface area contributed by atoms with Crippen LogP contribution in [-0.2, 0) is 9.53 Å². The molecular weight excluding hydrogens is 221 g/mol.